The minimum absolute atomic E-state index is 0.128. The monoisotopic (exact) mass is 203 g/mol. The van der Waals surface area contributed by atoms with Crippen LogP contribution < -0.4 is 11.1 Å². The Hall–Kier alpha value is -0.690. The molecule has 1 aliphatic heterocycles. The zero-order valence-corrected chi connectivity index (χ0v) is 8.02. The highest BCUT2D eigenvalue weighted by Gasteiger charge is 2.30. The number of β-amino-alcohol motifs (C(OH)–C–C–N with tert-alkyl or cyclic N) is 2. The largest absolute Gasteiger partial charge is 0.389 e. The van der Waals surface area contributed by atoms with Crippen LogP contribution in [-0.4, -0.2) is 66.0 Å². The van der Waals surface area contributed by atoms with Crippen molar-refractivity contribution in [3.05, 3.63) is 0 Å². The standard InChI is InChI=1S/C8H17N3O3/c9-1-2-10-8(14)5-11-3-6(12)7(13)4-11/h6-7,12-13H,1-5,9H2,(H,10,14). The van der Waals surface area contributed by atoms with Crippen LogP contribution in [0.3, 0.4) is 0 Å². The molecule has 0 aromatic carbocycles. The Kier molecular flexibility index (Phi) is 4.27. The molecular weight excluding hydrogens is 186 g/mol. The van der Waals surface area contributed by atoms with Gasteiger partial charge in [0, 0.05) is 26.2 Å². The summed E-state index contributed by atoms with van der Waals surface area (Å²) in [6, 6.07) is 0. The summed E-state index contributed by atoms with van der Waals surface area (Å²) < 4.78 is 0. The number of hydrogen-bond donors (Lipinski definition) is 4. The molecule has 82 valence electrons. The molecule has 2 unspecified atom stereocenters. The van der Waals surface area contributed by atoms with Crippen molar-refractivity contribution < 1.29 is 15.0 Å². The van der Waals surface area contributed by atoms with Gasteiger partial charge in [0.05, 0.1) is 18.8 Å². The van der Waals surface area contributed by atoms with Crippen LogP contribution >= 0.6 is 0 Å². The Bertz CT molecular complexity index is 190. The fourth-order valence-electron chi connectivity index (χ4n) is 1.45. The summed E-state index contributed by atoms with van der Waals surface area (Å²) in [7, 11) is 0. The van der Waals surface area contributed by atoms with Crippen molar-refractivity contribution in [1.29, 1.82) is 0 Å². The number of likely N-dealkylation sites (tertiary alicyclic amines) is 1. The first kappa shape index (κ1) is 11.4. The summed E-state index contributed by atoms with van der Waals surface area (Å²) in [6.45, 7) is 1.76. The third kappa shape index (κ3) is 3.22. The maximum Gasteiger partial charge on any atom is 0.234 e. The van der Waals surface area contributed by atoms with Crippen molar-refractivity contribution in [2.45, 2.75) is 12.2 Å². The van der Waals surface area contributed by atoms with Gasteiger partial charge in [-0.3, -0.25) is 9.69 Å². The van der Waals surface area contributed by atoms with E-state index in [0.29, 0.717) is 26.2 Å². The van der Waals surface area contributed by atoms with Crippen LogP contribution in [0.2, 0.25) is 0 Å². The molecule has 0 aromatic heterocycles. The predicted octanol–water partition coefficient (Wildman–Crippen LogP) is -2.90. The molecular formula is C8H17N3O3. The molecule has 1 fully saturated rings. The molecule has 0 aromatic rings. The van der Waals surface area contributed by atoms with E-state index in [1.165, 1.54) is 0 Å². The van der Waals surface area contributed by atoms with Crippen molar-refractivity contribution in [2.24, 2.45) is 5.73 Å². The van der Waals surface area contributed by atoms with E-state index >= 15 is 0 Å². The van der Waals surface area contributed by atoms with Crippen LogP contribution in [0.1, 0.15) is 0 Å². The minimum Gasteiger partial charge on any atom is -0.389 e. The predicted molar refractivity (Wildman–Crippen MR) is 50.5 cm³/mol. The molecule has 0 radical (unpaired) electrons. The fraction of sp³-hybridized carbons (Fsp3) is 0.875. The summed E-state index contributed by atoms with van der Waals surface area (Å²) in [6.07, 6.45) is -1.48. The number of aliphatic hydroxyl groups excluding tert-OH is 2. The van der Waals surface area contributed by atoms with Crippen molar-refractivity contribution >= 4 is 5.91 Å². The summed E-state index contributed by atoms with van der Waals surface area (Å²) in [5.74, 6) is -0.128. The van der Waals surface area contributed by atoms with Crippen LogP contribution in [0.15, 0.2) is 0 Å². The van der Waals surface area contributed by atoms with Gasteiger partial charge in [0.1, 0.15) is 0 Å². The zero-order valence-electron chi connectivity index (χ0n) is 8.02. The van der Waals surface area contributed by atoms with Gasteiger partial charge < -0.3 is 21.3 Å². The second-order valence-corrected chi connectivity index (χ2v) is 3.47. The summed E-state index contributed by atoms with van der Waals surface area (Å²) in [5.41, 5.74) is 5.22. The lowest BCUT2D eigenvalue weighted by Crippen LogP contribution is -2.38. The van der Waals surface area contributed by atoms with Crippen LogP contribution in [0.4, 0.5) is 0 Å². The maximum atomic E-state index is 11.2. The van der Waals surface area contributed by atoms with E-state index in [-0.39, 0.29) is 12.5 Å². The first-order chi connectivity index (χ1) is 6.63. The van der Waals surface area contributed by atoms with Crippen LogP contribution in [0.5, 0.6) is 0 Å². The van der Waals surface area contributed by atoms with E-state index in [9.17, 15) is 15.0 Å². The number of carbonyl (C=O) groups is 1. The third-order valence-corrected chi connectivity index (χ3v) is 2.17. The molecule has 1 saturated heterocycles. The lowest BCUT2D eigenvalue weighted by molar-refractivity contribution is -0.122. The Morgan fingerprint density at radius 3 is 2.50 bits per heavy atom. The second kappa shape index (κ2) is 5.26. The lowest BCUT2D eigenvalue weighted by atomic mass is 10.3. The topological polar surface area (TPSA) is 98.8 Å². The van der Waals surface area contributed by atoms with Gasteiger partial charge in [-0.2, -0.15) is 0 Å². The van der Waals surface area contributed by atoms with Crippen molar-refractivity contribution in [3.8, 4) is 0 Å². The molecule has 6 heteroatoms. The molecule has 6 nitrogen and oxygen atoms in total. The zero-order chi connectivity index (χ0) is 10.6. The van der Waals surface area contributed by atoms with Gasteiger partial charge in [-0.15, -0.1) is 0 Å². The van der Waals surface area contributed by atoms with Gasteiger partial charge in [-0.25, -0.2) is 0 Å². The molecule has 1 aliphatic rings. The van der Waals surface area contributed by atoms with E-state index in [1.54, 1.807) is 4.90 Å². The number of nitrogens with zero attached hydrogens (tertiary/aromatic N) is 1. The Morgan fingerprint density at radius 2 is 2.00 bits per heavy atom. The van der Waals surface area contributed by atoms with E-state index in [0.717, 1.165) is 0 Å². The quantitative estimate of drug-likeness (QED) is 0.393. The van der Waals surface area contributed by atoms with Crippen molar-refractivity contribution in [2.75, 3.05) is 32.7 Å². The molecule has 0 aliphatic carbocycles. The first-order valence-electron chi connectivity index (χ1n) is 4.68. The molecule has 0 saturated carbocycles. The molecule has 0 bridgehead atoms. The van der Waals surface area contributed by atoms with Crippen molar-refractivity contribution in [1.82, 2.24) is 10.2 Å². The van der Waals surface area contributed by atoms with E-state index in [2.05, 4.69) is 5.32 Å². The number of aliphatic hydroxyl groups is 2. The van der Waals surface area contributed by atoms with Gasteiger partial charge in [0.2, 0.25) is 5.91 Å². The van der Waals surface area contributed by atoms with Gasteiger partial charge in [0.25, 0.3) is 0 Å². The average molecular weight is 203 g/mol. The van der Waals surface area contributed by atoms with E-state index in [1.807, 2.05) is 0 Å². The van der Waals surface area contributed by atoms with Crippen LogP contribution in [0, 0.1) is 0 Å². The first-order valence-corrected chi connectivity index (χ1v) is 4.68. The molecule has 0 spiro atoms. The van der Waals surface area contributed by atoms with Gasteiger partial charge >= 0.3 is 0 Å². The Labute approximate surface area is 82.7 Å². The number of amides is 1. The Balaban J connectivity index is 2.21. The normalized spacial score (nSPS) is 27.9. The fourth-order valence-corrected chi connectivity index (χ4v) is 1.45. The van der Waals surface area contributed by atoms with Gasteiger partial charge in [-0.05, 0) is 0 Å². The molecule has 2 atom stereocenters. The van der Waals surface area contributed by atoms with E-state index < -0.39 is 12.2 Å². The summed E-state index contributed by atoms with van der Waals surface area (Å²) in [4.78, 5) is 12.9. The minimum atomic E-state index is -0.739. The van der Waals surface area contributed by atoms with Crippen LogP contribution in [0.25, 0.3) is 0 Å². The lowest BCUT2D eigenvalue weighted by Gasteiger charge is -2.13. The average Bonchev–Trinajstić information content (AvgIpc) is 2.42. The van der Waals surface area contributed by atoms with E-state index in [4.69, 9.17) is 5.73 Å². The molecule has 5 N–H and O–H groups in total. The third-order valence-electron chi connectivity index (χ3n) is 2.17. The highest BCUT2D eigenvalue weighted by molar-refractivity contribution is 5.78. The number of carbonyl (C=O) groups excluding carboxylic acids is 1. The smallest absolute Gasteiger partial charge is 0.234 e. The highest BCUT2D eigenvalue weighted by atomic mass is 16.3. The Morgan fingerprint density at radius 1 is 1.43 bits per heavy atom. The molecule has 1 amide bonds. The number of hydrogen-bond acceptors (Lipinski definition) is 5. The summed E-state index contributed by atoms with van der Waals surface area (Å²) in [5, 5.41) is 21.0. The van der Waals surface area contributed by atoms with Gasteiger partial charge in [0.15, 0.2) is 0 Å². The van der Waals surface area contributed by atoms with Crippen molar-refractivity contribution in [3.63, 3.8) is 0 Å². The molecule has 1 heterocycles. The van der Waals surface area contributed by atoms with Crippen LogP contribution in [-0.2, 0) is 4.79 Å². The molecule has 1 rings (SSSR count). The number of nitrogens with one attached hydrogen (secondary N) is 1. The maximum absolute atomic E-state index is 11.2. The SMILES string of the molecule is NCCNC(=O)CN1CC(O)C(O)C1. The van der Waals surface area contributed by atoms with Gasteiger partial charge in [-0.1, -0.05) is 0 Å². The summed E-state index contributed by atoms with van der Waals surface area (Å²) >= 11 is 0. The number of rotatable bonds is 4. The second-order valence-electron chi connectivity index (χ2n) is 3.47. The number of nitrogens with two attached hydrogens (primary N) is 1. The molecule has 14 heavy (non-hydrogen) atoms. The highest BCUT2D eigenvalue weighted by Crippen LogP contribution is 2.08.